The maximum Gasteiger partial charge on any atom is 0.314 e. The summed E-state index contributed by atoms with van der Waals surface area (Å²) >= 11 is 0. The van der Waals surface area contributed by atoms with Crippen LogP contribution in [-0.4, -0.2) is 17.0 Å². The summed E-state index contributed by atoms with van der Waals surface area (Å²) in [4.78, 5) is 11.5. The molecule has 0 atom stereocenters. The molecule has 0 amide bonds. The summed E-state index contributed by atoms with van der Waals surface area (Å²) in [6.45, 7) is 0. The van der Waals surface area contributed by atoms with Gasteiger partial charge in [-0.2, -0.15) is 5.26 Å². The fourth-order valence-corrected chi connectivity index (χ4v) is 2.53. The molecule has 0 saturated heterocycles. The van der Waals surface area contributed by atoms with Gasteiger partial charge in [0.1, 0.15) is 0 Å². The van der Waals surface area contributed by atoms with Gasteiger partial charge in [0.05, 0.1) is 17.0 Å². The van der Waals surface area contributed by atoms with Crippen molar-refractivity contribution in [3.63, 3.8) is 0 Å². The van der Waals surface area contributed by atoms with Gasteiger partial charge in [-0.05, 0) is 30.5 Å². The van der Waals surface area contributed by atoms with E-state index in [2.05, 4.69) is 0 Å². The molecule has 1 aliphatic carbocycles. The molecule has 0 unspecified atom stereocenters. The Morgan fingerprint density at radius 3 is 2.11 bits per heavy atom. The molecular weight excluding hydrogens is 252 g/mol. The van der Waals surface area contributed by atoms with E-state index in [0.29, 0.717) is 11.1 Å². The average Bonchev–Trinajstić information content (AvgIpc) is 2.39. The Kier molecular flexibility index (Phi) is 3.27. The predicted octanol–water partition coefficient (Wildman–Crippen LogP) is 3.09. The molecule has 5 heteroatoms. The van der Waals surface area contributed by atoms with Crippen LogP contribution in [0.2, 0.25) is 0 Å². The van der Waals surface area contributed by atoms with E-state index in [1.54, 1.807) is 12.1 Å². The number of aliphatic carboxylic acids is 1. The number of carbonyl (C=O) groups is 1. The number of carboxylic acids is 1. The SMILES string of the molecule is N#Cc1ccc(C2(C(=O)O)CCC(F)(F)CC2)cc1. The Morgan fingerprint density at radius 2 is 1.68 bits per heavy atom. The van der Waals surface area contributed by atoms with Crippen molar-refractivity contribution in [1.82, 2.24) is 0 Å². The number of carboxylic acid groups (broad SMARTS) is 1. The summed E-state index contributed by atoms with van der Waals surface area (Å²) in [7, 11) is 0. The fraction of sp³-hybridized carbons (Fsp3) is 0.429. The lowest BCUT2D eigenvalue weighted by Gasteiger charge is -2.37. The molecule has 0 heterocycles. The molecule has 1 N–H and O–H groups in total. The van der Waals surface area contributed by atoms with E-state index < -0.39 is 30.1 Å². The van der Waals surface area contributed by atoms with Crippen LogP contribution in [0.3, 0.4) is 0 Å². The largest absolute Gasteiger partial charge is 0.481 e. The topological polar surface area (TPSA) is 61.1 Å². The first-order valence-corrected chi connectivity index (χ1v) is 6.01. The van der Waals surface area contributed by atoms with E-state index in [1.165, 1.54) is 12.1 Å². The molecule has 19 heavy (non-hydrogen) atoms. The summed E-state index contributed by atoms with van der Waals surface area (Å²) in [6.07, 6.45) is -0.999. The van der Waals surface area contributed by atoms with Crippen molar-refractivity contribution in [3.05, 3.63) is 35.4 Å². The number of halogens is 2. The van der Waals surface area contributed by atoms with Gasteiger partial charge in [-0.1, -0.05) is 12.1 Å². The van der Waals surface area contributed by atoms with Crippen LogP contribution in [0.15, 0.2) is 24.3 Å². The van der Waals surface area contributed by atoms with Crippen LogP contribution in [0.5, 0.6) is 0 Å². The Labute approximate surface area is 109 Å². The van der Waals surface area contributed by atoms with E-state index >= 15 is 0 Å². The standard InChI is InChI=1S/C14H13F2NO2/c15-14(16)7-5-13(6-8-14,12(18)19)11-3-1-10(9-17)2-4-11/h1-4H,5-8H2,(H,18,19). The van der Waals surface area contributed by atoms with Crippen molar-refractivity contribution in [2.24, 2.45) is 0 Å². The van der Waals surface area contributed by atoms with Crippen molar-refractivity contribution in [2.45, 2.75) is 37.0 Å². The van der Waals surface area contributed by atoms with Gasteiger partial charge in [0, 0.05) is 12.8 Å². The van der Waals surface area contributed by atoms with Crippen molar-refractivity contribution < 1.29 is 18.7 Å². The molecule has 1 aromatic rings. The molecule has 0 bridgehead atoms. The number of alkyl halides is 2. The zero-order chi connectivity index (χ0) is 14.1. The lowest BCUT2D eigenvalue weighted by Crippen LogP contribution is -2.42. The Bertz CT molecular complexity index is 521. The maximum atomic E-state index is 13.2. The van der Waals surface area contributed by atoms with E-state index in [1.807, 2.05) is 6.07 Å². The number of benzene rings is 1. The van der Waals surface area contributed by atoms with Crippen molar-refractivity contribution in [1.29, 1.82) is 5.26 Å². The molecule has 1 aromatic carbocycles. The summed E-state index contributed by atoms with van der Waals surface area (Å²) in [6, 6.07) is 8.09. The van der Waals surface area contributed by atoms with Crippen LogP contribution in [0, 0.1) is 11.3 Å². The zero-order valence-corrected chi connectivity index (χ0v) is 10.2. The van der Waals surface area contributed by atoms with Gasteiger partial charge in [0.2, 0.25) is 5.92 Å². The molecule has 1 saturated carbocycles. The third-order valence-corrected chi connectivity index (χ3v) is 3.81. The first-order chi connectivity index (χ1) is 8.89. The second kappa shape index (κ2) is 4.61. The minimum Gasteiger partial charge on any atom is -0.481 e. The first-order valence-electron chi connectivity index (χ1n) is 6.01. The van der Waals surface area contributed by atoms with Gasteiger partial charge < -0.3 is 5.11 Å². The number of rotatable bonds is 2. The van der Waals surface area contributed by atoms with Crippen molar-refractivity contribution in [2.75, 3.05) is 0 Å². The molecular formula is C14H13F2NO2. The number of hydrogen-bond acceptors (Lipinski definition) is 2. The quantitative estimate of drug-likeness (QED) is 0.893. The van der Waals surface area contributed by atoms with E-state index in [9.17, 15) is 18.7 Å². The molecule has 100 valence electrons. The predicted molar refractivity (Wildman–Crippen MR) is 63.9 cm³/mol. The van der Waals surface area contributed by atoms with Gasteiger partial charge in [0.25, 0.3) is 0 Å². The molecule has 3 nitrogen and oxygen atoms in total. The molecule has 1 aliphatic rings. The second-order valence-electron chi connectivity index (χ2n) is 4.93. The summed E-state index contributed by atoms with van der Waals surface area (Å²) in [5.74, 6) is -3.85. The summed E-state index contributed by atoms with van der Waals surface area (Å²) in [5.41, 5.74) is -0.338. The molecule has 2 rings (SSSR count). The van der Waals surface area contributed by atoms with Gasteiger partial charge >= 0.3 is 5.97 Å². The molecule has 0 spiro atoms. The van der Waals surface area contributed by atoms with Crippen molar-refractivity contribution >= 4 is 5.97 Å². The lowest BCUT2D eigenvalue weighted by atomic mass is 9.68. The summed E-state index contributed by atoms with van der Waals surface area (Å²) < 4.78 is 26.4. The second-order valence-corrected chi connectivity index (χ2v) is 4.93. The van der Waals surface area contributed by atoms with Gasteiger partial charge in [-0.3, -0.25) is 4.79 Å². The van der Waals surface area contributed by atoms with Crippen LogP contribution in [-0.2, 0) is 10.2 Å². The average molecular weight is 265 g/mol. The van der Waals surface area contributed by atoms with Crippen LogP contribution < -0.4 is 0 Å². The highest BCUT2D eigenvalue weighted by Gasteiger charge is 2.48. The highest BCUT2D eigenvalue weighted by Crippen LogP contribution is 2.45. The minimum atomic E-state index is -2.77. The number of nitriles is 1. The third kappa shape index (κ3) is 2.43. The monoisotopic (exact) mass is 265 g/mol. The number of nitrogens with zero attached hydrogens (tertiary/aromatic N) is 1. The molecule has 0 aromatic heterocycles. The normalized spacial score (nSPS) is 20.5. The number of hydrogen-bond donors (Lipinski definition) is 1. The third-order valence-electron chi connectivity index (χ3n) is 3.81. The Balaban J connectivity index is 2.35. The Hall–Kier alpha value is -1.96. The van der Waals surface area contributed by atoms with E-state index in [-0.39, 0.29) is 12.8 Å². The van der Waals surface area contributed by atoms with Crippen LogP contribution in [0.4, 0.5) is 8.78 Å². The van der Waals surface area contributed by atoms with Crippen LogP contribution in [0.25, 0.3) is 0 Å². The fourth-order valence-electron chi connectivity index (χ4n) is 2.53. The van der Waals surface area contributed by atoms with Crippen LogP contribution in [0.1, 0.15) is 36.8 Å². The van der Waals surface area contributed by atoms with Crippen LogP contribution >= 0.6 is 0 Å². The maximum absolute atomic E-state index is 13.2. The van der Waals surface area contributed by atoms with Crippen molar-refractivity contribution in [3.8, 4) is 6.07 Å². The zero-order valence-electron chi connectivity index (χ0n) is 10.2. The van der Waals surface area contributed by atoms with E-state index in [0.717, 1.165) is 0 Å². The lowest BCUT2D eigenvalue weighted by molar-refractivity contribution is -0.149. The highest BCUT2D eigenvalue weighted by atomic mass is 19.3. The molecule has 1 fully saturated rings. The first kappa shape index (κ1) is 13.5. The highest BCUT2D eigenvalue weighted by molar-refractivity contribution is 5.81. The molecule has 0 aliphatic heterocycles. The van der Waals surface area contributed by atoms with E-state index in [4.69, 9.17) is 5.26 Å². The van der Waals surface area contributed by atoms with Gasteiger partial charge in [-0.25, -0.2) is 8.78 Å². The summed E-state index contributed by atoms with van der Waals surface area (Å²) in [5, 5.41) is 18.1. The van der Waals surface area contributed by atoms with Gasteiger partial charge in [0.15, 0.2) is 0 Å². The minimum absolute atomic E-state index is 0.0821. The molecule has 0 radical (unpaired) electrons. The van der Waals surface area contributed by atoms with Gasteiger partial charge in [-0.15, -0.1) is 0 Å². The smallest absolute Gasteiger partial charge is 0.314 e. The Morgan fingerprint density at radius 1 is 1.16 bits per heavy atom.